The lowest BCUT2D eigenvalue weighted by Gasteiger charge is -2.38. The van der Waals surface area contributed by atoms with Crippen LogP contribution in [-0.2, 0) is 5.75 Å². The molecule has 3 aromatic carbocycles. The summed E-state index contributed by atoms with van der Waals surface area (Å²) in [6.45, 7) is 4.07. The SMILES string of the molecule is COc1ccc2c(c1)OC(C)(C)C[C@H]2NC(=O)c1ccc(CSc2ccccc2)cc1. The van der Waals surface area contributed by atoms with Crippen molar-refractivity contribution < 1.29 is 14.3 Å². The molecule has 1 amide bonds. The van der Waals surface area contributed by atoms with Gasteiger partial charge in [-0.3, -0.25) is 4.79 Å². The van der Waals surface area contributed by atoms with Gasteiger partial charge in [0.1, 0.15) is 17.1 Å². The van der Waals surface area contributed by atoms with E-state index in [0.717, 1.165) is 22.8 Å². The zero-order chi connectivity index (χ0) is 21.8. The van der Waals surface area contributed by atoms with Crippen molar-refractivity contribution in [2.45, 2.75) is 42.6 Å². The molecule has 1 aliphatic rings. The molecule has 0 spiro atoms. The Hall–Kier alpha value is -2.92. The largest absolute Gasteiger partial charge is 0.497 e. The van der Waals surface area contributed by atoms with Crippen LogP contribution in [0, 0.1) is 0 Å². The van der Waals surface area contributed by atoms with E-state index in [1.54, 1.807) is 18.9 Å². The van der Waals surface area contributed by atoms with Crippen LogP contribution in [0.1, 0.15) is 47.8 Å². The minimum absolute atomic E-state index is 0.0771. The van der Waals surface area contributed by atoms with Gasteiger partial charge in [0, 0.05) is 34.3 Å². The Morgan fingerprint density at radius 3 is 2.55 bits per heavy atom. The third kappa shape index (κ3) is 5.23. The summed E-state index contributed by atoms with van der Waals surface area (Å²) in [6, 6.07) is 23.8. The summed E-state index contributed by atoms with van der Waals surface area (Å²) in [5, 5.41) is 3.20. The van der Waals surface area contributed by atoms with Gasteiger partial charge in [0.15, 0.2) is 0 Å². The lowest BCUT2D eigenvalue weighted by atomic mass is 9.89. The quantitative estimate of drug-likeness (QED) is 0.483. The molecule has 0 aromatic heterocycles. The highest BCUT2D eigenvalue weighted by molar-refractivity contribution is 7.98. The third-order valence-corrected chi connectivity index (χ3v) is 6.43. The second-order valence-corrected chi connectivity index (χ2v) is 9.34. The van der Waals surface area contributed by atoms with E-state index in [-0.39, 0.29) is 17.6 Å². The van der Waals surface area contributed by atoms with E-state index in [2.05, 4.69) is 17.4 Å². The zero-order valence-electron chi connectivity index (χ0n) is 18.1. The van der Waals surface area contributed by atoms with Crippen LogP contribution in [0.3, 0.4) is 0 Å². The van der Waals surface area contributed by atoms with Crippen molar-refractivity contribution in [3.63, 3.8) is 0 Å². The first kappa shape index (κ1) is 21.3. The molecular formula is C26H27NO3S. The summed E-state index contributed by atoms with van der Waals surface area (Å²) >= 11 is 1.79. The number of carbonyl (C=O) groups is 1. The number of rotatable bonds is 6. The van der Waals surface area contributed by atoms with E-state index in [1.807, 2.05) is 74.5 Å². The molecule has 0 radical (unpaired) electrons. The van der Waals surface area contributed by atoms with Gasteiger partial charge in [-0.1, -0.05) is 30.3 Å². The molecule has 31 heavy (non-hydrogen) atoms. The van der Waals surface area contributed by atoms with E-state index in [0.29, 0.717) is 12.0 Å². The van der Waals surface area contributed by atoms with Gasteiger partial charge < -0.3 is 14.8 Å². The van der Waals surface area contributed by atoms with Crippen molar-refractivity contribution in [2.75, 3.05) is 7.11 Å². The summed E-state index contributed by atoms with van der Waals surface area (Å²) in [5.41, 5.74) is 2.45. The lowest BCUT2D eigenvalue weighted by molar-refractivity contribution is 0.0617. The molecule has 1 N–H and O–H groups in total. The fourth-order valence-corrected chi connectivity index (χ4v) is 4.64. The number of carbonyl (C=O) groups excluding carboxylic acids is 1. The Bertz CT molecular complexity index is 1050. The molecule has 0 saturated heterocycles. The minimum atomic E-state index is -0.379. The van der Waals surface area contributed by atoms with E-state index in [1.165, 1.54) is 10.5 Å². The normalized spacial score (nSPS) is 16.7. The Morgan fingerprint density at radius 2 is 1.84 bits per heavy atom. The van der Waals surface area contributed by atoms with Crippen LogP contribution in [0.4, 0.5) is 0 Å². The van der Waals surface area contributed by atoms with Crippen molar-refractivity contribution >= 4 is 17.7 Å². The van der Waals surface area contributed by atoms with Crippen molar-refractivity contribution in [1.29, 1.82) is 0 Å². The van der Waals surface area contributed by atoms with Crippen LogP contribution in [0.2, 0.25) is 0 Å². The molecule has 1 heterocycles. The van der Waals surface area contributed by atoms with E-state index >= 15 is 0 Å². The second kappa shape index (κ2) is 9.06. The van der Waals surface area contributed by atoms with Crippen molar-refractivity contribution in [1.82, 2.24) is 5.32 Å². The van der Waals surface area contributed by atoms with Gasteiger partial charge in [-0.2, -0.15) is 0 Å². The maximum Gasteiger partial charge on any atom is 0.251 e. The predicted molar refractivity (Wildman–Crippen MR) is 125 cm³/mol. The number of amides is 1. The number of nitrogens with one attached hydrogen (secondary N) is 1. The van der Waals surface area contributed by atoms with Gasteiger partial charge >= 0.3 is 0 Å². The first-order chi connectivity index (χ1) is 14.9. The van der Waals surface area contributed by atoms with Crippen molar-refractivity contribution in [2.24, 2.45) is 0 Å². The number of ether oxygens (including phenoxy) is 2. The van der Waals surface area contributed by atoms with Crippen LogP contribution in [0.15, 0.2) is 77.7 Å². The smallest absolute Gasteiger partial charge is 0.251 e. The number of hydrogen-bond acceptors (Lipinski definition) is 4. The molecule has 4 nitrogen and oxygen atoms in total. The number of hydrogen-bond donors (Lipinski definition) is 1. The van der Waals surface area contributed by atoms with E-state index in [9.17, 15) is 4.79 Å². The van der Waals surface area contributed by atoms with Crippen LogP contribution in [-0.4, -0.2) is 18.6 Å². The maximum atomic E-state index is 13.0. The standard InChI is InChI=1S/C26H27NO3S/c1-26(2)16-23(22-14-13-20(29-3)15-24(22)30-26)27-25(28)19-11-9-18(10-12-19)17-31-21-7-5-4-6-8-21/h4-15,23H,16-17H2,1-3H3,(H,27,28)/t23-/m1/s1. The molecule has 160 valence electrons. The zero-order valence-corrected chi connectivity index (χ0v) is 18.9. The van der Waals surface area contributed by atoms with E-state index < -0.39 is 0 Å². The molecule has 5 heteroatoms. The van der Waals surface area contributed by atoms with Crippen molar-refractivity contribution in [3.8, 4) is 11.5 Å². The summed E-state index contributed by atoms with van der Waals surface area (Å²) in [6.07, 6.45) is 0.698. The van der Waals surface area contributed by atoms with Gasteiger partial charge in [0.2, 0.25) is 0 Å². The Labute approximate surface area is 188 Å². The third-order valence-electron chi connectivity index (χ3n) is 5.35. The number of benzene rings is 3. The second-order valence-electron chi connectivity index (χ2n) is 8.29. The van der Waals surface area contributed by atoms with Crippen LogP contribution in [0.5, 0.6) is 11.5 Å². The van der Waals surface area contributed by atoms with Crippen LogP contribution < -0.4 is 14.8 Å². The average molecular weight is 434 g/mol. The monoisotopic (exact) mass is 433 g/mol. The van der Waals surface area contributed by atoms with Gasteiger partial charge in [-0.05, 0) is 55.8 Å². The molecule has 0 aliphatic carbocycles. The molecule has 1 atom stereocenters. The lowest BCUT2D eigenvalue weighted by Crippen LogP contribution is -2.41. The first-order valence-electron chi connectivity index (χ1n) is 10.4. The molecule has 1 aliphatic heterocycles. The molecular weight excluding hydrogens is 406 g/mol. The van der Waals surface area contributed by atoms with Crippen LogP contribution >= 0.6 is 11.8 Å². The molecule has 0 unspecified atom stereocenters. The Balaban J connectivity index is 1.44. The Kier molecular flexibility index (Phi) is 6.23. The summed E-state index contributed by atoms with van der Waals surface area (Å²) in [7, 11) is 1.64. The van der Waals surface area contributed by atoms with E-state index in [4.69, 9.17) is 9.47 Å². The number of fused-ring (bicyclic) bond motifs is 1. The topological polar surface area (TPSA) is 47.6 Å². The number of thioether (sulfide) groups is 1. The minimum Gasteiger partial charge on any atom is -0.497 e. The van der Waals surface area contributed by atoms with Gasteiger partial charge in [0.25, 0.3) is 5.91 Å². The van der Waals surface area contributed by atoms with Crippen LogP contribution in [0.25, 0.3) is 0 Å². The van der Waals surface area contributed by atoms with Gasteiger partial charge in [0.05, 0.1) is 13.2 Å². The molecule has 0 fully saturated rings. The fourth-order valence-electron chi connectivity index (χ4n) is 3.76. The predicted octanol–water partition coefficient (Wildman–Crippen LogP) is 6.02. The summed E-state index contributed by atoms with van der Waals surface area (Å²) in [5.74, 6) is 2.29. The highest BCUT2D eigenvalue weighted by Crippen LogP contribution is 2.41. The summed E-state index contributed by atoms with van der Waals surface area (Å²) in [4.78, 5) is 14.2. The molecule has 3 aromatic rings. The molecule has 0 bridgehead atoms. The highest BCUT2D eigenvalue weighted by atomic mass is 32.2. The first-order valence-corrected chi connectivity index (χ1v) is 11.4. The van der Waals surface area contributed by atoms with Gasteiger partial charge in [-0.25, -0.2) is 0 Å². The fraction of sp³-hybridized carbons (Fsp3) is 0.269. The summed E-state index contributed by atoms with van der Waals surface area (Å²) < 4.78 is 11.4. The highest BCUT2D eigenvalue weighted by Gasteiger charge is 2.35. The molecule has 4 rings (SSSR count). The molecule has 0 saturated carbocycles. The average Bonchev–Trinajstić information content (AvgIpc) is 2.77. The maximum absolute atomic E-state index is 13.0. The van der Waals surface area contributed by atoms with Gasteiger partial charge in [-0.15, -0.1) is 11.8 Å². The Morgan fingerprint density at radius 1 is 1.10 bits per heavy atom. The van der Waals surface area contributed by atoms with Crippen molar-refractivity contribution in [3.05, 3.63) is 89.5 Å². The number of methoxy groups -OCH3 is 1.